The molecule has 0 spiro atoms. The van der Waals surface area contributed by atoms with Crippen LogP contribution in [0, 0.1) is 5.92 Å². The van der Waals surface area contributed by atoms with Crippen LogP contribution in [0.1, 0.15) is 43.5 Å². The maximum Gasteiger partial charge on any atom is 0.255 e. The number of carbonyl (C=O) groups is 2. The van der Waals surface area contributed by atoms with Crippen LogP contribution in [0.5, 0.6) is 0 Å². The van der Waals surface area contributed by atoms with Crippen molar-refractivity contribution >= 4 is 29.1 Å². The Morgan fingerprint density at radius 2 is 2.00 bits per heavy atom. The molecule has 1 saturated heterocycles. The second kappa shape index (κ2) is 8.49. The highest BCUT2D eigenvalue weighted by atomic mass is 35.5. The van der Waals surface area contributed by atoms with Crippen LogP contribution in [-0.2, 0) is 4.79 Å². The van der Waals surface area contributed by atoms with E-state index in [0.29, 0.717) is 22.7 Å². The van der Waals surface area contributed by atoms with Crippen molar-refractivity contribution < 1.29 is 9.59 Å². The van der Waals surface area contributed by atoms with Crippen LogP contribution in [0.15, 0.2) is 18.2 Å². The van der Waals surface area contributed by atoms with E-state index in [1.54, 1.807) is 23.1 Å². The zero-order valence-electron chi connectivity index (χ0n) is 14.6. The molecule has 0 aromatic heterocycles. The number of benzene rings is 1. The van der Waals surface area contributed by atoms with Crippen LogP contribution in [0.4, 0.5) is 5.69 Å². The summed E-state index contributed by atoms with van der Waals surface area (Å²) in [7, 11) is 1.82. The summed E-state index contributed by atoms with van der Waals surface area (Å²) in [5.74, 6) is 0.119. The van der Waals surface area contributed by atoms with Crippen molar-refractivity contribution in [1.29, 1.82) is 0 Å². The summed E-state index contributed by atoms with van der Waals surface area (Å²) < 4.78 is 0. The molecule has 0 saturated carbocycles. The van der Waals surface area contributed by atoms with E-state index < -0.39 is 0 Å². The molecule has 24 heavy (non-hydrogen) atoms. The minimum Gasteiger partial charge on any atom is -0.339 e. The van der Waals surface area contributed by atoms with Gasteiger partial charge in [0.2, 0.25) is 5.91 Å². The second-order valence-corrected chi connectivity index (χ2v) is 7.15. The minimum atomic E-state index is -0.105. The fourth-order valence-corrected chi connectivity index (χ4v) is 3.10. The molecular weight excluding hydrogens is 326 g/mol. The van der Waals surface area contributed by atoms with Crippen LogP contribution >= 0.6 is 11.6 Å². The number of halogens is 1. The Hall–Kier alpha value is -1.59. The molecule has 5 nitrogen and oxygen atoms in total. The number of piperidine rings is 1. The van der Waals surface area contributed by atoms with Crippen molar-refractivity contribution in [1.82, 2.24) is 10.2 Å². The summed E-state index contributed by atoms with van der Waals surface area (Å²) in [5.41, 5.74) is 1.03. The molecule has 0 aliphatic carbocycles. The summed E-state index contributed by atoms with van der Waals surface area (Å²) in [6, 6.07) is 5.27. The highest BCUT2D eigenvalue weighted by molar-refractivity contribution is 6.34. The Labute approximate surface area is 148 Å². The normalized spacial score (nSPS) is 15.4. The summed E-state index contributed by atoms with van der Waals surface area (Å²) in [6.45, 7) is 5.82. The first-order valence-electron chi connectivity index (χ1n) is 8.45. The van der Waals surface area contributed by atoms with Crippen LogP contribution in [-0.4, -0.2) is 42.9 Å². The fraction of sp³-hybridized carbons (Fsp3) is 0.556. The number of rotatable bonds is 5. The second-order valence-electron chi connectivity index (χ2n) is 6.74. The third kappa shape index (κ3) is 4.95. The van der Waals surface area contributed by atoms with E-state index in [0.717, 1.165) is 25.9 Å². The van der Waals surface area contributed by atoms with Gasteiger partial charge >= 0.3 is 0 Å². The maximum absolute atomic E-state index is 12.8. The third-order valence-electron chi connectivity index (χ3n) is 4.25. The van der Waals surface area contributed by atoms with Crippen LogP contribution in [0.3, 0.4) is 0 Å². The van der Waals surface area contributed by atoms with Gasteiger partial charge in [0.05, 0.1) is 10.6 Å². The lowest BCUT2D eigenvalue weighted by Crippen LogP contribution is -2.44. The van der Waals surface area contributed by atoms with Crippen LogP contribution in [0.25, 0.3) is 0 Å². The summed E-state index contributed by atoms with van der Waals surface area (Å²) in [6.07, 6.45) is 2.32. The predicted octanol–water partition coefficient (Wildman–Crippen LogP) is 3.15. The number of nitrogens with one attached hydrogen (secondary N) is 2. The van der Waals surface area contributed by atoms with Gasteiger partial charge in [-0.2, -0.15) is 0 Å². The highest BCUT2D eigenvalue weighted by Crippen LogP contribution is 2.24. The lowest BCUT2D eigenvalue weighted by Gasteiger charge is -2.32. The monoisotopic (exact) mass is 351 g/mol. The first kappa shape index (κ1) is 18.7. The van der Waals surface area contributed by atoms with Crippen molar-refractivity contribution in [3.05, 3.63) is 28.8 Å². The van der Waals surface area contributed by atoms with Gasteiger partial charge in [0.1, 0.15) is 0 Å². The Kier molecular flexibility index (Phi) is 6.63. The lowest BCUT2D eigenvalue weighted by atomic mass is 10.0. The summed E-state index contributed by atoms with van der Waals surface area (Å²) >= 11 is 6.22. The van der Waals surface area contributed by atoms with Crippen molar-refractivity contribution in [2.75, 3.05) is 25.5 Å². The molecule has 0 atom stereocenters. The molecule has 1 aromatic carbocycles. The first-order valence-corrected chi connectivity index (χ1v) is 8.83. The van der Waals surface area contributed by atoms with Gasteiger partial charge in [-0.05, 0) is 50.0 Å². The highest BCUT2D eigenvalue weighted by Gasteiger charge is 2.24. The molecular formula is C18H26ClN3O2. The quantitative estimate of drug-likeness (QED) is 0.856. The van der Waals surface area contributed by atoms with E-state index in [4.69, 9.17) is 11.6 Å². The molecule has 2 rings (SSSR count). The molecule has 1 heterocycles. The van der Waals surface area contributed by atoms with Gasteiger partial charge < -0.3 is 15.5 Å². The number of nitrogens with zero attached hydrogens (tertiary/aromatic N) is 1. The molecule has 0 radical (unpaired) electrons. The van der Waals surface area contributed by atoms with E-state index >= 15 is 0 Å². The van der Waals surface area contributed by atoms with Gasteiger partial charge in [0.25, 0.3) is 5.91 Å². The molecule has 0 bridgehead atoms. The largest absolute Gasteiger partial charge is 0.339 e. The minimum absolute atomic E-state index is 0.0579. The van der Waals surface area contributed by atoms with Crippen LogP contribution < -0.4 is 10.6 Å². The Morgan fingerprint density at radius 1 is 1.33 bits per heavy atom. The number of amides is 2. The number of hydrogen-bond acceptors (Lipinski definition) is 3. The van der Waals surface area contributed by atoms with E-state index in [2.05, 4.69) is 10.6 Å². The molecule has 2 amide bonds. The van der Waals surface area contributed by atoms with Gasteiger partial charge in [0, 0.05) is 25.2 Å². The number of anilines is 1. The average molecular weight is 352 g/mol. The topological polar surface area (TPSA) is 61.4 Å². The number of carbonyl (C=O) groups excluding carboxylic acids is 2. The molecule has 0 unspecified atom stereocenters. The number of hydrogen-bond donors (Lipinski definition) is 2. The molecule has 1 aromatic rings. The smallest absolute Gasteiger partial charge is 0.255 e. The van der Waals surface area contributed by atoms with Gasteiger partial charge in [-0.1, -0.05) is 25.4 Å². The summed E-state index contributed by atoms with van der Waals surface area (Å²) in [4.78, 5) is 26.5. The Morgan fingerprint density at radius 3 is 2.62 bits per heavy atom. The third-order valence-corrected chi connectivity index (χ3v) is 4.58. The average Bonchev–Trinajstić information content (AvgIpc) is 2.55. The summed E-state index contributed by atoms with van der Waals surface area (Å²) in [5, 5.41) is 6.54. The molecule has 2 N–H and O–H groups in total. The van der Waals surface area contributed by atoms with E-state index in [1.165, 1.54) is 0 Å². The SMILES string of the molecule is CC(C)CC(=O)Nc1ccc(Cl)c(C(=O)N(C)C2CCNCC2)c1. The van der Waals surface area contributed by atoms with Crippen molar-refractivity contribution in [3.8, 4) is 0 Å². The molecule has 1 aliphatic heterocycles. The molecule has 1 aliphatic rings. The predicted molar refractivity (Wildman–Crippen MR) is 97.5 cm³/mol. The Balaban J connectivity index is 2.12. The van der Waals surface area contributed by atoms with Crippen molar-refractivity contribution in [3.63, 3.8) is 0 Å². The van der Waals surface area contributed by atoms with Gasteiger partial charge in [-0.25, -0.2) is 0 Å². The standard InChI is InChI=1S/C18H26ClN3O2/c1-12(2)10-17(23)21-13-4-5-16(19)15(11-13)18(24)22(3)14-6-8-20-9-7-14/h4-5,11-12,14,20H,6-10H2,1-3H3,(H,21,23). The molecule has 132 valence electrons. The lowest BCUT2D eigenvalue weighted by molar-refractivity contribution is -0.116. The van der Waals surface area contributed by atoms with Gasteiger partial charge in [0.15, 0.2) is 0 Å². The maximum atomic E-state index is 12.8. The molecule has 1 fully saturated rings. The molecule has 6 heteroatoms. The van der Waals surface area contributed by atoms with Gasteiger partial charge in [-0.15, -0.1) is 0 Å². The first-order chi connectivity index (χ1) is 11.4. The van der Waals surface area contributed by atoms with E-state index in [9.17, 15) is 9.59 Å². The fourth-order valence-electron chi connectivity index (χ4n) is 2.90. The van der Waals surface area contributed by atoms with Crippen molar-refractivity contribution in [2.45, 2.75) is 39.2 Å². The van der Waals surface area contributed by atoms with E-state index in [1.807, 2.05) is 20.9 Å². The van der Waals surface area contributed by atoms with Crippen molar-refractivity contribution in [2.24, 2.45) is 5.92 Å². The van der Waals surface area contributed by atoms with Gasteiger partial charge in [-0.3, -0.25) is 9.59 Å². The van der Waals surface area contributed by atoms with Crippen LogP contribution in [0.2, 0.25) is 5.02 Å². The zero-order valence-corrected chi connectivity index (χ0v) is 15.3. The van der Waals surface area contributed by atoms with E-state index in [-0.39, 0.29) is 23.8 Å². The zero-order chi connectivity index (χ0) is 17.7. The Bertz CT molecular complexity index is 598.